The van der Waals surface area contributed by atoms with E-state index in [0.29, 0.717) is 6.04 Å². The van der Waals surface area contributed by atoms with Crippen LogP contribution in [0.15, 0.2) is 48.5 Å². The zero-order valence-corrected chi connectivity index (χ0v) is 11.7. The van der Waals surface area contributed by atoms with Gasteiger partial charge in [-0.1, -0.05) is 49.7 Å². The van der Waals surface area contributed by atoms with Gasteiger partial charge in [0.25, 0.3) is 0 Å². The van der Waals surface area contributed by atoms with Crippen molar-refractivity contribution in [3.05, 3.63) is 59.7 Å². The van der Waals surface area contributed by atoms with Gasteiger partial charge in [-0.05, 0) is 24.5 Å². The maximum absolute atomic E-state index is 6.02. The van der Waals surface area contributed by atoms with E-state index in [9.17, 15) is 0 Å². The summed E-state index contributed by atoms with van der Waals surface area (Å²) in [6.07, 6.45) is 2.57. The molecule has 1 saturated carbocycles. The van der Waals surface area contributed by atoms with E-state index >= 15 is 0 Å². The summed E-state index contributed by atoms with van der Waals surface area (Å²) in [6.45, 7) is 2.28. The molecule has 0 aromatic heterocycles. The first-order chi connectivity index (χ1) is 9.86. The zero-order chi connectivity index (χ0) is 13.5. The summed E-state index contributed by atoms with van der Waals surface area (Å²) in [7, 11) is 0. The van der Waals surface area contributed by atoms with Crippen LogP contribution >= 0.6 is 0 Å². The summed E-state index contributed by atoms with van der Waals surface area (Å²) in [6, 6.07) is 17.6. The summed E-state index contributed by atoms with van der Waals surface area (Å²) in [5.41, 5.74) is 2.51. The van der Waals surface area contributed by atoms with Crippen molar-refractivity contribution in [1.82, 2.24) is 5.32 Å². The molecule has 2 aromatic rings. The Kier molecular flexibility index (Phi) is 2.78. The zero-order valence-electron chi connectivity index (χ0n) is 11.7. The van der Waals surface area contributed by atoms with Crippen LogP contribution in [-0.4, -0.2) is 6.04 Å². The number of benzene rings is 2. The lowest BCUT2D eigenvalue weighted by atomic mass is 9.94. The molecular formula is C18H19NO. The molecular weight excluding hydrogens is 246 g/mol. The molecule has 4 rings (SSSR count). The molecule has 102 valence electrons. The number of hydrogen-bond donors (Lipinski definition) is 1. The average molecular weight is 265 g/mol. The minimum atomic E-state index is 0.262. The van der Waals surface area contributed by atoms with Crippen molar-refractivity contribution < 1.29 is 4.74 Å². The lowest BCUT2D eigenvalue weighted by Gasteiger charge is -2.29. The van der Waals surface area contributed by atoms with Gasteiger partial charge < -0.3 is 10.1 Å². The molecule has 2 nitrogen and oxygen atoms in total. The largest absolute Gasteiger partial charge is 0.457 e. The van der Waals surface area contributed by atoms with Crippen molar-refractivity contribution in [3.8, 4) is 11.5 Å². The van der Waals surface area contributed by atoms with E-state index in [1.807, 2.05) is 12.1 Å². The lowest BCUT2D eigenvalue weighted by molar-refractivity contribution is 0.423. The highest BCUT2D eigenvalue weighted by atomic mass is 16.5. The SMILES string of the molecule is CCC1CC1NC1c2ccccc2Oc2ccccc21. The molecule has 20 heavy (non-hydrogen) atoms. The molecule has 2 aliphatic rings. The molecule has 2 heteroatoms. The number of rotatable bonds is 3. The van der Waals surface area contributed by atoms with Gasteiger partial charge in [0.05, 0.1) is 6.04 Å². The fraction of sp³-hybridized carbons (Fsp3) is 0.333. The quantitative estimate of drug-likeness (QED) is 0.894. The van der Waals surface area contributed by atoms with Crippen LogP contribution in [0.4, 0.5) is 0 Å². The predicted octanol–water partition coefficient (Wildman–Crippen LogP) is 4.27. The first-order valence-electron chi connectivity index (χ1n) is 7.48. The van der Waals surface area contributed by atoms with E-state index in [0.717, 1.165) is 17.4 Å². The Morgan fingerprint density at radius 2 is 1.60 bits per heavy atom. The smallest absolute Gasteiger partial charge is 0.132 e. The van der Waals surface area contributed by atoms with Gasteiger partial charge in [0, 0.05) is 17.2 Å². The summed E-state index contributed by atoms with van der Waals surface area (Å²) in [5, 5.41) is 3.83. The van der Waals surface area contributed by atoms with Gasteiger partial charge in [0.2, 0.25) is 0 Å². The van der Waals surface area contributed by atoms with Crippen molar-refractivity contribution in [2.45, 2.75) is 31.8 Å². The fourth-order valence-corrected chi connectivity index (χ4v) is 3.21. The molecule has 1 N–H and O–H groups in total. The number of nitrogens with one attached hydrogen (secondary N) is 1. The Labute approximate surface area is 119 Å². The van der Waals surface area contributed by atoms with Gasteiger partial charge in [-0.2, -0.15) is 0 Å². The molecule has 0 spiro atoms. The molecule has 2 unspecified atom stereocenters. The lowest BCUT2D eigenvalue weighted by Crippen LogP contribution is -2.28. The van der Waals surface area contributed by atoms with Crippen LogP contribution in [-0.2, 0) is 0 Å². The topological polar surface area (TPSA) is 21.3 Å². The second kappa shape index (κ2) is 4.64. The Morgan fingerprint density at radius 1 is 1.00 bits per heavy atom. The van der Waals surface area contributed by atoms with E-state index < -0.39 is 0 Å². The molecule has 1 heterocycles. The van der Waals surface area contributed by atoms with Gasteiger partial charge in [0.15, 0.2) is 0 Å². The van der Waals surface area contributed by atoms with E-state index in [-0.39, 0.29) is 6.04 Å². The Bertz CT molecular complexity index is 591. The number of para-hydroxylation sites is 2. The van der Waals surface area contributed by atoms with Crippen molar-refractivity contribution in [3.63, 3.8) is 0 Å². The van der Waals surface area contributed by atoms with Gasteiger partial charge in [-0.3, -0.25) is 0 Å². The average Bonchev–Trinajstić information content (AvgIpc) is 3.25. The maximum Gasteiger partial charge on any atom is 0.132 e. The van der Waals surface area contributed by atoms with E-state index in [4.69, 9.17) is 4.74 Å². The minimum absolute atomic E-state index is 0.262. The van der Waals surface area contributed by atoms with Crippen molar-refractivity contribution >= 4 is 0 Å². The summed E-state index contributed by atoms with van der Waals surface area (Å²) < 4.78 is 6.02. The number of ether oxygens (including phenoxy) is 1. The van der Waals surface area contributed by atoms with Gasteiger partial charge in [-0.15, -0.1) is 0 Å². The van der Waals surface area contributed by atoms with E-state index in [1.54, 1.807) is 0 Å². The molecule has 1 aliphatic carbocycles. The van der Waals surface area contributed by atoms with Crippen molar-refractivity contribution in [2.24, 2.45) is 5.92 Å². The van der Waals surface area contributed by atoms with Crippen LogP contribution in [0.2, 0.25) is 0 Å². The molecule has 0 saturated heterocycles. The standard InChI is InChI=1S/C18H19NO/c1-2-12-11-15(12)19-18-13-7-3-5-9-16(13)20-17-10-6-4-8-14(17)18/h3-10,12,15,18-19H,2,11H2,1H3. The predicted molar refractivity (Wildman–Crippen MR) is 80.1 cm³/mol. The Hall–Kier alpha value is -1.80. The molecule has 1 aliphatic heterocycles. The molecule has 0 amide bonds. The minimum Gasteiger partial charge on any atom is -0.457 e. The first-order valence-corrected chi connectivity index (χ1v) is 7.48. The fourth-order valence-electron chi connectivity index (χ4n) is 3.21. The third-order valence-electron chi connectivity index (χ3n) is 4.51. The maximum atomic E-state index is 6.02. The number of fused-ring (bicyclic) bond motifs is 2. The second-order valence-electron chi connectivity index (χ2n) is 5.79. The van der Waals surface area contributed by atoms with Crippen LogP contribution in [0.3, 0.4) is 0 Å². The monoisotopic (exact) mass is 265 g/mol. The third-order valence-corrected chi connectivity index (χ3v) is 4.51. The van der Waals surface area contributed by atoms with Crippen molar-refractivity contribution in [1.29, 1.82) is 0 Å². The van der Waals surface area contributed by atoms with Crippen LogP contribution in [0.5, 0.6) is 11.5 Å². The molecule has 2 aromatic carbocycles. The Morgan fingerprint density at radius 3 is 2.15 bits per heavy atom. The Balaban J connectivity index is 1.73. The van der Waals surface area contributed by atoms with Crippen LogP contribution in [0.1, 0.15) is 36.9 Å². The normalized spacial score (nSPS) is 23.6. The molecule has 0 radical (unpaired) electrons. The van der Waals surface area contributed by atoms with Crippen LogP contribution in [0.25, 0.3) is 0 Å². The molecule has 0 bridgehead atoms. The first kappa shape index (κ1) is 12.0. The molecule has 1 fully saturated rings. The van der Waals surface area contributed by atoms with Gasteiger partial charge in [0.1, 0.15) is 11.5 Å². The summed E-state index contributed by atoms with van der Waals surface area (Å²) in [5.74, 6) is 2.81. The third kappa shape index (κ3) is 1.92. The van der Waals surface area contributed by atoms with Crippen LogP contribution in [0, 0.1) is 5.92 Å². The highest BCUT2D eigenvalue weighted by Gasteiger charge is 2.39. The molecule has 2 atom stereocenters. The van der Waals surface area contributed by atoms with Gasteiger partial charge >= 0.3 is 0 Å². The van der Waals surface area contributed by atoms with Crippen molar-refractivity contribution in [2.75, 3.05) is 0 Å². The second-order valence-corrected chi connectivity index (χ2v) is 5.79. The highest BCUT2D eigenvalue weighted by molar-refractivity contribution is 5.53. The van der Waals surface area contributed by atoms with Gasteiger partial charge in [-0.25, -0.2) is 0 Å². The number of hydrogen-bond acceptors (Lipinski definition) is 2. The van der Waals surface area contributed by atoms with Crippen LogP contribution < -0.4 is 10.1 Å². The highest BCUT2D eigenvalue weighted by Crippen LogP contribution is 2.45. The van der Waals surface area contributed by atoms with E-state index in [1.165, 1.54) is 24.0 Å². The van der Waals surface area contributed by atoms with E-state index in [2.05, 4.69) is 48.6 Å². The summed E-state index contributed by atoms with van der Waals surface area (Å²) >= 11 is 0. The summed E-state index contributed by atoms with van der Waals surface area (Å²) in [4.78, 5) is 0.